The van der Waals surface area contributed by atoms with Crippen LogP contribution >= 0.6 is 23.5 Å². The number of furan rings is 2. The molecule has 0 saturated carbocycles. The fraction of sp³-hybridized carbons (Fsp3) is 0.200. The molecular weight excluding hydrogens is 398 g/mol. The van der Waals surface area contributed by atoms with Crippen molar-refractivity contribution in [2.24, 2.45) is 5.73 Å². The highest BCUT2D eigenvalue weighted by atomic mass is 32.2. The Balaban J connectivity index is 1.70. The van der Waals surface area contributed by atoms with Crippen molar-refractivity contribution in [3.8, 4) is 5.75 Å². The lowest BCUT2D eigenvalue weighted by Crippen LogP contribution is -2.10. The molecule has 0 spiro atoms. The van der Waals surface area contributed by atoms with E-state index in [1.807, 2.05) is 18.2 Å². The van der Waals surface area contributed by atoms with Gasteiger partial charge in [0.15, 0.2) is 11.5 Å². The van der Waals surface area contributed by atoms with Crippen molar-refractivity contribution in [3.63, 3.8) is 0 Å². The molecule has 2 N–H and O–H groups in total. The van der Waals surface area contributed by atoms with E-state index in [0.29, 0.717) is 41.9 Å². The first kappa shape index (κ1) is 20.3. The number of thioether (sulfide) groups is 2. The molecule has 2 aromatic heterocycles. The Morgan fingerprint density at radius 1 is 0.893 bits per heavy atom. The van der Waals surface area contributed by atoms with Crippen LogP contribution in [0.15, 0.2) is 63.8 Å². The van der Waals surface area contributed by atoms with Crippen LogP contribution in [0.25, 0.3) is 0 Å². The molecule has 8 heteroatoms. The molecule has 146 valence electrons. The maximum atomic E-state index is 12.2. The lowest BCUT2D eigenvalue weighted by Gasteiger charge is -2.12. The lowest BCUT2D eigenvalue weighted by molar-refractivity contribution is 0.105. The van der Waals surface area contributed by atoms with E-state index in [9.17, 15) is 9.59 Å². The molecule has 0 radical (unpaired) electrons. The van der Waals surface area contributed by atoms with Crippen LogP contribution in [0.2, 0.25) is 0 Å². The molecule has 0 aliphatic heterocycles. The van der Waals surface area contributed by atoms with Crippen LogP contribution in [0.4, 0.5) is 0 Å². The zero-order valence-corrected chi connectivity index (χ0v) is 16.6. The highest BCUT2D eigenvalue weighted by Gasteiger charge is 2.15. The third kappa shape index (κ3) is 5.54. The summed E-state index contributed by atoms with van der Waals surface area (Å²) >= 11 is 2.29. The second-order valence-corrected chi connectivity index (χ2v) is 7.57. The molecule has 0 aliphatic rings. The average Bonchev–Trinajstić information content (AvgIpc) is 3.43. The summed E-state index contributed by atoms with van der Waals surface area (Å²) in [5.41, 5.74) is 7.36. The molecule has 1 aromatic carbocycles. The van der Waals surface area contributed by atoms with Crippen molar-refractivity contribution >= 4 is 33.8 Å². The van der Waals surface area contributed by atoms with Crippen molar-refractivity contribution in [2.75, 3.05) is 13.2 Å². The number of nitrogens with two attached hydrogens (primary N) is 1. The lowest BCUT2D eigenvalue weighted by atomic mass is 10.1. The van der Waals surface area contributed by atoms with Crippen LogP contribution in [0, 0.1) is 0 Å². The molecule has 0 bridgehead atoms. The smallest absolute Gasteiger partial charge is 0.254 e. The number of hydrogen-bond acceptors (Lipinski definition) is 8. The van der Waals surface area contributed by atoms with Gasteiger partial charge >= 0.3 is 0 Å². The zero-order valence-electron chi connectivity index (χ0n) is 15.0. The first-order valence-electron chi connectivity index (χ1n) is 8.53. The van der Waals surface area contributed by atoms with Crippen LogP contribution < -0.4 is 10.5 Å². The van der Waals surface area contributed by atoms with E-state index in [1.54, 1.807) is 24.3 Å². The predicted octanol–water partition coefficient (Wildman–Crippen LogP) is 4.36. The predicted molar refractivity (Wildman–Crippen MR) is 110 cm³/mol. The van der Waals surface area contributed by atoms with E-state index < -0.39 is 0 Å². The highest BCUT2D eigenvalue weighted by molar-refractivity contribution is 8.13. The molecule has 0 atom stereocenters. The van der Waals surface area contributed by atoms with Gasteiger partial charge in [0.25, 0.3) is 10.2 Å². The van der Waals surface area contributed by atoms with Crippen molar-refractivity contribution in [1.29, 1.82) is 0 Å². The molecular formula is C20H19NO5S2. The Bertz CT molecular complexity index is 907. The molecule has 0 amide bonds. The maximum absolute atomic E-state index is 12.2. The second kappa shape index (κ2) is 10.2. The van der Waals surface area contributed by atoms with Gasteiger partial charge in [0.05, 0.1) is 12.5 Å². The van der Waals surface area contributed by atoms with Crippen molar-refractivity contribution < 1.29 is 23.2 Å². The van der Waals surface area contributed by atoms with Gasteiger partial charge in [-0.2, -0.15) is 0 Å². The van der Waals surface area contributed by atoms with E-state index >= 15 is 0 Å². The normalized spacial score (nSPS) is 10.8. The molecule has 0 saturated heterocycles. The van der Waals surface area contributed by atoms with Gasteiger partial charge in [-0.25, -0.2) is 0 Å². The maximum Gasteiger partial charge on any atom is 0.254 e. The van der Waals surface area contributed by atoms with Gasteiger partial charge in [0.1, 0.15) is 12.4 Å². The molecule has 0 fully saturated rings. The summed E-state index contributed by atoms with van der Waals surface area (Å²) in [6.45, 7) is 0.819. The molecule has 0 unspecified atom stereocenters. The zero-order chi connectivity index (χ0) is 19.8. The Kier molecular flexibility index (Phi) is 7.41. The average molecular weight is 418 g/mol. The highest BCUT2D eigenvalue weighted by Crippen LogP contribution is 2.28. The molecule has 3 aromatic rings. The van der Waals surface area contributed by atoms with Crippen molar-refractivity contribution in [1.82, 2.24) is 0 Å². The number of hydrogen-bond donors (Lipinski definition) is 1. The third-order valence-corrected chi connectivity index (χ3v) is 5.56. The number of benzene rings is 1. The van der Waals surface area contributed by atoms with E-state index in [0.717, 1.165) is 34.7 Å². The van der Waals surface area contributed by atoms with Gasteiger partial charge in [-0.15, -0.1) is 0 Å². The van der Waals surface area contributed by atoms with Gasteiger partial charge in [-0.3, -0.25) is 9.59 Å². The van der Waals surface area contributed by atoms with Gasteiger partial charge in [0.2, 0.25) is 0 Å². The second-order valence-electron chi connectivity index (χ2n) is 5.67. The van der Waals surface area contributed by atoms with Gasteiger partial charge in [0, 0.05) is 18.1 Å². The SMILES string of the molecule is NCCOc1ccc(CSC(=O)c2ccco2)c(CSC(=O)c2ccco2)c1. The minimum Gasteiger partial charge on any atom is -0.492 e. The van der Waals surface area contributed by atoms with E-state index in [2.05, 4.69) is 0 Å². The fourth-order valence-corrected chi connectivity index (χ4v) is 4.00. The minimum absolute atomic E-state index is 0.140. The molecule has 28 heavy (non-hydrogen) atoms. The summed E-state index contributed by atoms with van der Waals surface area (Å²) in [7, 11) is 0. The fourth-order valence-electron chi connectivity index (χ4n) is 2.36. The number of carbonyl (C=O) groups excluding carboxylic acids is 2. The van der Waals surface area contributed by atoms with Gasteiger partial charge in [-0.1, -0.05) is 29.6 Å². The Hall–Kier alpha value is -2.42. The summed E-state index contributed by atoms with van der Waals surface area (Å²) in [6, 6.07) is 12.3. The first-order valence-corrected chi connectivity index (χ1v) is 10.5. The van der Waals surface area contributed by atoms with Crippen LogP contribution in [0.1, 0.15) is 32.2 Å². The third-order valence-electron chi connectivity index (χ3n) is 3.73. The van der Waals surface area contributed by atoms with Crippen LogP contribution in [0.3, 0.4) is 0 Å². The van der Waals surface area contributed by atoms with E-state index in [4.69, 9.17) is 19.3 Å². The number of rotatable bonds is 9. The topological polar surface area (TPSA) is 95.7 Å². The van der Waals surface area contributed by atoms with Gasteiger partial charge in [-0.05, 0) is 47.5 Å². The van der Waals surface area contributed by atoms with Crippen LogP contribution in [-0.4, -0.2) is 23.4 Å². The Morgan fingerprint density at radius 3 is 2.04 bits per heavy atom. The van der Waals surface area contributed by atoms with Gasteiger partial charge < -0.3 is 19.3 Å². The van der Waals surface area contributed by atoms with Crippen molar-refractivity contribution in [3.05, 3.63) is 77.6 Å². The Labute approximate surface area is 170 Å². The first-order chi connectivity index (χ1) is 13.7. The largest absolute Gasteiger partial charge is 0.492 e. The van der Waals surface area contributed by atoms with Crippen molar-refractivity contribution in [2.45, 2.75) is 11.5 Å². The molecule has 3 rings (SSSR count). The monoisotopic (exact) mass is 417 g/mol. The van der Waals surface area contributed by atoms with Crippen LogP contribution in [-0.2, 0) is 11.5 Å². The summed E-state index contributed by atoms with van der Waals surface area (Å²) in [5.74, 6) is 2.20. The summed E-state index contributed by atoms with van der Waals surface area (Å²) in [6.07, 6.45) is 2.94. The summed E-state index contributed by atoms with van der Waals surface area (Å²) < 4.78 is 15.9. The summed E-state index contributed by atoms with van der Waals surface area (Å²) in [5, 5.41) is -0.290. The molecule has 0 aliphatic carbocycles. The number of carbonyl (C=O) groups is 2. The standard InChI is InChI=1S/C20H19NO5S2/c21-7-10-24-16-6-5-14(12-27-19(22)17-3-1-8-25-17)15(11-16)13-28-20(23)18-4-2-9-26-18/h1-6,8-9,11H,7,10,12-13,21H2. The number of ether oxygens (including phenoxy) is 1. The minimum atomic E-state index is -0.149. The summed E-state index contributed by atoms with van der Waals surface area (Å²) in [4.78, 5) is 24.4. The Morgan fingerprint density at radius 2 is 1.50 bits per heavy atom. The van der Waals surface area contributed by atoms with E-state index in [-0.39, 0.29) is 10.2 Å². The quantitative estimate of drug-likeness (QED) is 0.549. The molecule has 2 heterocycles. The van der Waals surface area contributed by atoms with Crippen LogP contribution in [0.5, 0.6) is 5.75 Å². The molecule has 6 nitrogen and oxygen atoms in total. The van der Waals surface area contributed by atoms with E-state index in [1.165, 1.54) is 12.5 Å².